The van der Waals surface area contributed by atoms with Gasteiger partial charge in [0.1, 0.15) is 0 Å². The average molecular weight is 400 g/mol. The lowest BCUT2D eigenvalue weighted by atomic mass is 9.95. The van der Waals surface area contributed by atoms with Crippen LogP contribution >= 0.6 is 11.6 Å². The molecule has 2 N–H and O–H groups in total. The van der Waals surface area contributed by atoms with Crippen molar-refractivity contribution in [1.82, 2.24) is 10.2 Å². The normalized spacial score (nSPS) is 18.3. The zero-order chi connectivity index (χ0) is 19.9. The van der Waals surface area contributed by atoms with Crippen molar-refractivity contribution in [3.63, 3.8) is 0 Å². The van der Waals surface area contributed by atoms with Gasteiger partial charge >= 0.3 is 0 Å². The van der Waals surface area contributed by atoms with Crippen LogP contribution in [0.1, 0.15) is 25.3 Å². The standard InChI is InChI=1S/C22H26ClN3O2/c1-16(21(27)24-14-17-8-5-6-12-20(17)23)26-13-7-9-18(15-26)22(28)25-19-10-3-2-4-11-19/h2-6,8,10-12,16,18H,7,9,13-15H2,1H3,(H,24,27)(H,25,28). The zero-order valence-corrected chi connectivity index (χ0v) is 16.8. The van der Waals surface area contributed by atoms with E-state index in [4.69, 9.17) is 11.6 Å². The predicted molar refractivity (Wildman–Crippen MR) is 112 cm³/mol. The largest absolute Gasteiger partial charge is 0.351 e. The van der Waals surface area contributed by atoms with Crippen LogP contribution in [0.2, 0.25) is 5.02 Å². The lowest BCUT2D eigenvalue weighted by Crippen LogP contribution is -2.50. The Morgan fingerprint density at radius 1 is 1.14 bits per heavy atom. The molecule has 0 aliphatic carbocycles. The molecule has 2 aromatic rings. The van der Waals surface area contributed by atoms with Crippen LogP contribution in [0.4, 0.5) is 5.69 Å². The monoisotopic (exact) mass is 399 g/mol. The molecule has 1 aliphatic rings. The Balaban J connectivity index is 1.53. The highest BCUT2D eigenvalue weighted by Crippen LogP contribution is 2.21. The van der Waals surface area contributed by atoms with E-state index in [0.29, 0.717) is 18.1 Å². The van der Waals surface area contributed by atoms with Gasteiger partial charge in [0.2, 0.25) is 11.8 Å². The second-order valence-corrected chi connectivity index (χ2v) is 7.58. The number of nitrogens with one attached hydrogen (secondary N) is 2. The molecule has 2 unspecified atom stereocenters. The van der Waals surface area contributed by atoms with Gasteiger partial charge < -0.3 is 10.6 Å². The number of hydrogen-bond donors (Lipinski definition) is 2. The Kier molecular flexibility index (Phi) is 7.06. The van der Waals surface area contributed by atoms with Crippen LogP contribution in [0.25, 0.3) is 0 Å². The highest BCUT2D eigenvalue weighted by molar-refractivity contribution is 6.31. The molecule has 0 aromatic heterocycles. The van der Waals surface area contributed by atoms with Gasteiger partial charge in [0.15, 0.2) is 0 Å². The van der Waals surface area contributed by atoms with Gasteiger partial charge in [-0.3, -0.25) is 14.5 Å². The molecule has 148 valence electrons. The third-order valence-electron chi connectivity index (χ3n) is 5.20. The lowest BCUT2D eigenvalue weighted by Gasteiger charge is -2.35. The molecule has 2 aromatic carbocycles. The van der Waals surface area contributed by atoms with Crippen LogP contribution in [0.5, 0.6) is 0 Å². The van der Waals surface area contributed by atoms with Crippen molar-refractivity contribution in [2.24, 2.45) is 5.92 Å². The molecule has 0 radical (unpaired) electrons. The van der Waals surface area contributed by atoms with Crippen molar-refractivity contribution in [2.75, 3.05) is 18.4 Å². The average Bonchev–Trinajstić information content (AvgIpc) is 2.73. The summed E-state index contributed by atoms with van der Waals surface area (Å²) in [6.07, 6.45) is 1.73. The summed E-state index contributed by atoms with van der Waals surface area (Å²) in [6.45, 7) is 3.68. The molecule has 1 fully saturated rings. The minimum Gasteiger partial charge on any atom is -0.351 e. The maximum Gasteiger partial charge on any atom is 0.237 e. The summed E-state index contributed by atoms with van der Waals surface area (Å²) in [5.74, 6) is -0.156. The number of benzene rings is 2. The van der Waals surface area contributed by atoms with Gasteiger partial charge in [-0.05, 0) is 50.1 Å². The summed E-state index contributed by atoms with van der Waals surface area (Å²) in [7, 11) is 0. The van der Waals surface area contributed by atoms with E-state index in [1.807, 2.05) is 61.5 Å². The van der Waals surface area contributed by atoms with Crippen molar-refractivity contribution < 1.29 is 9.59 Å². The number of hydrogen-bond acceptors (Lipinski definition) is 3. The molecule has 2 atom stereocenters. The molecule has 1 saturated heterocycles. The number of nitrogens with zero attached hydrogens (tertiary/aromatic N) is 1. The first-order valence-electron chi connectivity index (χ1n) is 9.65. The Hall–Kier alpha value is -2.37. The number of amides is 2. The quantitative estimate of drug-likeness (QED) is 0.778. The maximum atomic E-state index is 12.6. The van der Waals surface area contributed by atoms with Gasteiger partial charge in [-0.25, -0.2) is 0 Å². The molecular formula is C22H26ClN3O2. The summed E-state index contributed by atoms with van der Waals surface area (Å²) in [4.78, 5) is 27.3. The molecule has 2 amide bonds. The minimum absolute atomic E-state index is 0.0135. The number of likely N-dealkylation sites (tertiary alicyclic amines) is 1. The van der Waals surface area contributed by atoms with Crippen molar-refractivity contribution >= 4 is 29.1 Å². The summed E-state index contributed by atoms with van der Waals surface area (Å²) in [6, 6.07) is 16.7. The molecule has 0 saturated carbocycles. The number of carbonyl (C=O) groups excluding carboxylic acids is 2. The van der Waals surface area contributed by atoms with Crippen LogP contribution in [-0.4, -0.2) is 35.8 Å². The Labute approximate surface area is 171 Å². The molecule has 0 bridgehead atoms. The van der Waals surface area contributed by atoms with E-state index in [1.54, 1.807) is 0 Å². The number of carbonyl (C=O) groups is 2. The third kappa shape index (κ3) is 5.33. The molecule has 28 heavy (non-hydrogen) atoms. The smallest absolute Gasteiger partial charge is 0.237 e. The zero-order valence-electron chi connectivity index (χ0n) is 16.0. The van der Waals surface area contributed by atoms with E-state index in [-0.39, 0.29) is 23.8 Å². The molecule has 0 spiro atoms. The van der Waals surface area contributed by atoms with Gasteiger partial charge in [0, 0.05) is 23.8 Å². The van der Waals surface area contributed by atoms with Gasteiger partial charge in [0.25, 0.3) is 0 Å². The fourth-order valence-corrected chi connectivity index (χ4v) is 3.68. The molecule has 3 rings (SSSR count). The van der Waals surface area contributed by atoms with Crippen molar-refractivity contribution in [1.29, 1.82) is 0 Å². The fourth-order valence-electron chi connectivity index (χ4n) is 3.48. The summed E-state index contributed by atoms with van der Waals surface area (Å²) in [5, 5.41) is 6.57. The third-order valence-corrected chi connectivity index (χ3v) is 5.57. The molecule has 6 heteroatoms. The first-order chi connectivity index (χ1) is 13.5. The van der Waals surface area contributed by atoms with Crippen LogP contribution in [-0.2, 0) is 16.1 Å². The van der Waals surface area contributed by atoms with Gasteiger partial charge in [0.05, 0.1) is 12.0 Å². The molecule has 1 aliphatic heterocycles. The van der Waals surface area contributed by atoms with Crippen LogP contribution in [0.15, 0.2) is 54.6 Å². The maximum absolute atomic E-state index is 12.6. The van der Waals surface area contributed by atoms with Crippen LogP contribution in [0, 0.1) is 5.92 Å². The number of halogens is 1. The second kappa shape index (κ2) is 9.71. The van der Waals surface area contributed by atoms with Gasteiger partial charge in [-0.2, -0.15) is 0 Å². The fraction of sp³-hybridized carbons (Fsp3) is 0.364. The highest BCUT2D eigenvalue weighted by atomic mass is 35.5. The van der Waals surface area contributed by atoms with E-state index < -0.39 is 0 Å². The number of anilines is 1. The number of para-hydroxylation sites is 1. The number of piperidine rings is 1. The predicted octanol–water partition coefficient (Wildman–Crippen LogP) is 3.70. The van der Waals surface area contributed by atoms with E-state index in [9.17, 15) is 9.59 Å². The molecule has 5 nitrogen and oxygen atoms in total. The Bertz CT molecular complexity index is 812. The van der Waals surface area contributed by atoms with E-state index in [1.165, 1.54) is 0 Å². The topological polar surface area (TPSA) is 61.4 Å². The minimum atomic E-state index is -0.296. The SMILES string of the molecule is CC(C(=O)NCc1ccccc1Cl)N1CCCC(C(=O)Nc2ccccc2)C1. The molecule has 1 heterocycles. The van der Waals surface area contributed by atoms with E-state index in [0.717, 1.165) is 30.6 Å². The van der Waals surface area contributed by atoms with Gasteiger partial charge in [-0.1, -0.05) is 48.0 Å². The van der Waals surface area contributed by atoms with E-state index in [2.05, 4.69) is 15.5 Å². The summed E-state index contributed by atoms with van der Waals surface area (Å²) in [5.41, 5.74) is 1.69. The summed E-state index contributed by atoms with van der Waals surface area (Å²) >= 11 is 6.15. The van der Waals surface area contributed by atoms with Crippen LogP contribution in [0.3, 0.4) is 0 Å². The Morgan fingerprint density at radius 2 is 1.86 bits per heavy atom. The first kappa shape index (κ1) is 20.4. The van der Waals surface area contributed by atoms with Crippen molar-refractivity contribution in [2.45, 2.75) is 32.4 Å². The highest BCUT2D eigenvalue weighted by Gasteiger charge is 2.30. The number of rotatable bonds is 6. The van der Waals surface area contributed by atoms with Crippen molar-refractivity contribution in [3.05, 3.63) is 65.2 Å². The van der Waals surface area contributed by atoms with Crippen LogP contribution < -0.4 is 10.6 Å². The summed E-state index contributed by atoms with van der Waals surface area (Å²) < 4.78 is 0. The first-order valence-corrected chi connectivity index (χ1v) is 10.0. The van der Waals surface area contributed by atoms with Gasteiger partial charge in [-0.15, -0.1) is 0 Å². The lowest BCUT2D eigenvalue weighted by molar-refractivity contribution is -0.129. The molecular weight excluding hydrogens is 374 g/mol. The van der Waals surface area contributed by atoms with E-state index >= 15 is 0 Å². The second-order valence-electron chi connectivity index (χ2n) is 7.17. The van der Waals surface area contributed by atoms with Crippen molar-refractivity contribution in [3.8, 4) is 0 Å². The Morgan fingerprint density at radius 3 is 2.61 bits per heavy atom.